The minimum absolute atomic E-state index is 0.0203. The largest absolute Gasteiger partial charge is 0.469 e. The SMILES string of the molecule is CCOC(=O)C(C(=O)N(CCC(=O)OC)Cc1cccnc1)=C1SC=CS1. The summed E-state index contributed by atoms with van der Waals surface area (Å²) in [5.41, 5.74) is 0.763. The highest BCUT2D eigenvalue weighted by atomic mass is 32.2. The van der Waals surface area contributed by atoms with Crippen molar-refractivity contribution >= 4 is 41.4 Å². The standard InChI is InChI=1S/C18H20N2O5S2/c1-3-25-17(23)15(18-26-9-10-27-18)16(22)20(8-6-14(21)24-2)12-13-5-4-7-19-11-13/h4-5,7,9-11H,3,6,8,12H2,1-2H3. The Morgan fingerprint density at radius 3 is 2.56 bits per heavy atom. The zero-order valence-electron chi connectivity index (χ0n) is 15.0. The van der Waals surface area contributed by atoms with Crippen LogP contribution in [0.25, 0.3) is 0 Å². The fraction of sp³-hybridized carbons (Fsp3) is 0.333. The van der Waals surface area contributed by atoms with Crippen molar-refractivity contribution in [2.24, 2.45) is 0 Å². The van der Waals surface area contributed by atoms with Crippen LogP contribution in [0.1, 0.15) is 18.9 Å². The molecule has 0 spiro atoms. The Morgan fingerprint density at radius 2 is 1.96 bits per heavy atom. The number of amides is 1. The molecule has 144 valence electrons. The average molecular weight is 409 g/mol. The molecule has 0 aromatic carbocycles. The van der Waals surface area contributed by atoms with E-state index >= 15 is 0 Å². The van der Waals surface area contributed by atoms with Gasteiger partial charge in [0, 0.05) is 25.5 Å². The van der Waals surface area contributed by atoms with Gasteiger partial charge in [0.2, 0.25) is 0 Å². The van der Waals surface area contributed by atoms with Gasteiger partial charge in [-0.2, -0.15) is 0 Å². The molecule has 1 aromatic rings. The number of ether oxygens (including phenoxy) is 2. The summed E-state index contributed by atoms with van der Waals surface area (Å²) in [7, 11) is 1.29. The van der Waals surface area contributed by atoms with Gasteiger partial charge in [0.25, 0.3) is 5.91 Å². The maximum Gasteiger partial charge on any atom is 0.345 e. The number of hydrogen-bond acceptors (Lipinski definition) is 8. The monoisotopic (exact) mass is 408 g/mol. The molecule has 0 bridgehead atoms. The summed E-state index contributed by atoms with van der Waals surface area (Å²) in [5, 5.41) is 3.60. The lowest BCUT2D eigenvalue weighted by Gasteiger charge is -2.23. The smallest absolute Gasteiger partial charge is 0.345 e. The number of nitrogens with zero attached hydrogens (tertiary/aromatic N) is 2. The second-order valence-corrected chi connectivity index (χ2v) is 7.40. The van der Waals surface area contributed by atoms with Crippen LogP contribution in [0.15, 0.2) is 45.2 Å². The number of carbonyl (C=O) groups excluding carboxylic acids is 3. The number of carbonyl (C=O) groups is 3. The van der Waals surface area contributed by atoms with E-state index in [1.807, 2.05) is 6.07 Å². The van der Waals surface area contributed by atoms with Gasteiger partial charge >= 0.3 is 11.9 Å². The minimum atomic E-state index is -0.671. The highest BCUT2D eigenvalue weighted by molar-refractivity contribution is 8.27. The molecule has 0 saturated carbocycles. The van der Waals surface area contributed by atoms with Crippen LogP contribution in [0.3, 0.4) is 0 Å². The van der Waals surface area contributed by atoms with Crippen molar-refractivity contribution in [3.63, 3.8) is 0 Å². The summed E-state index contributed by atoms with van der Waals surface area (Å²) < 4.78 is 10.3. The van der Waals surface area contributed by atoms with Gasteiger partial charge in [-0.25, -0.2) is 4.79 Å². The summed E-state index contributed by atoms with van der Waals surface area (Å²) in [5.74, 6) is -1.59. The Bertz CT molecular complexity index is 739. The van der Waals surface area contributed by atoms with Crippen molar-refractivity contribution in [3.8, 4) is 0 Å². The number of hydrogen-bond donors (Lipinski definition) is 0. The lowest BCUT2D eigenvalue weighted by atomic mass is 10.2. The normalized spacial score (nSPS) is 12.6. The number of aromatic nitrogens is 1. The molecular formula is C18H20N2O5S2. The first-order chi connectivity index (χ1) is 13.1. The third-order valence-corrected chi connectivity index (χ3v) is 5.63. The van der Waals surface area contributed by atoms with E-state index in [2.05, 4.69) is 9.72 Å². The maximum absolute atomic E-state index is 13.2. The number of pyridine rings is 1. The van der Waals surface area contributed by atoms with Crippen LogP contribution in [0, 0.1) is 0 Å². The molecule has 0 saturated heterocycles. The summed E-state index contributed by atoms with van der Waals surface area (Å²) in [6.07, 6.45) is 3.29. The minimum Gasteiger partial charge on any atom is -0.469 e. The average Bonchev–Trinajstić information content (AvgIpc) is 3.20. The summed E-state index contributed by atoms with van der Waals surface area (Å²) in [6, 6.07) is 3.58. The quantitative estimate of drug-likeness (QED) is 0.281. The Hall–Kier alpha value is -2.26. The van der Waals surface area contributed by atoms with Crippen LogP contribution in [0.4, 0.5) is 0 Å². The molecule has 2 heterocycles. The highest BCUT2D eigenvalue weighted by Crippen LogP contribution is 2.40. The Kier molecular flexibility index (Phi) is 8.41. The fourth-order valence-corrected chi connectivity index (χ4v) is 4.06. The van der Waals surface area contributed by atoms with E-state index < -0.39 is 17.8 Å². The van der Waals surface area contributed by atoms with Crippen LogP contribution >= 0.6 is 23.5 Å². The molecule has 1 aliphatic rings. The molecule has 9 heteroatoms. The van der Waals surface area contributed by atoms with Crippen LogP contribution in [-0.2, 0) is 30.4 Å². The zero-order chi connectivity index (χ0) is 19.6. The number of esters is 2. The molecular weight excluding hydrogens is 388 g/mol. The van der Waals surface area contributed by atoms with E-state index in [-0.39, 0.29) is 31.7 Å². The molecule has 0 radical (unpaired) electrons. The second-order valence-electron chi connectivity index (χ2n) is 5.30. The molecule has 1 aliphatic heterocycles. The number of thioether (sulfide) groups is 2. The van der Waals surface area contributed by atoms with Crippen molar-refractivity contribution < 1.29 is 23.9 Å². The van der Waals surface area contributed by atoms with Crippen LogP contribution in [0.5, 0.6) is 0 Å². The maximum atomic E-state index is 13.2. The first-order valence-electron chi connectivity index (χ1n) is 8.21. The summed E-state index contributed by atoms with van der Waals surface area (Å²) in [4.78, 5) is 42.7. The van der Waals surface area contributed by atoms with Gasteiger partial charge in [0.1, 0.15) is 5.57 Å². The molecule has 0 N–H and O–H groups in total. The van der Waals surface area contributed by atoms with Crippen molar-refractivity contribution in [3.05, 3.63) is 50.7 Å². The second kappa shape index (κ2) is 10.8. The van der Waals surface area contributed by atoms with Crippen molar-refractivity contribution in [2.45, 2.75) is 19.9 Å². The molecule has 27 heavy (non-hydrogen) atoms. The molecule has 0 atom stereocenters. The van der Waals surface area contributed by atoms with Crippen molar-refractivity contribution in [2.75, 3.05) is 20.3 Å². The van der Waals surface area contributed by atoms with Gasteiger partial charge < -0.3 is 14.4 Å². The molecule has 0 unspecified atom stereocenters. The number of methoxy groups -OCH3 is 1. The van der Waals surface area contributed by atoms with Gasteiger partial charge in [-0.15, -0.1) is 0 Å². The van der Waals surface area contributed by atoms with E-state index in [0.29, 0.717) is 4.24 Å². The Morgan fingerprint density at radius 1 is 1.22 bits per heavy atom. The first-order valence-corrected chi connectivity index (χ1v) is 9.97. The van der Waals surface area contributed by atoms with Gasteiger partial charge in [0.05, 0.1) is 24.4 Å². The molecule has 1 amide bonds. The third-order valence-electron chi connectivity index (χ3n) is 3.50. The Balaban J connectivity index is 2.29. The highest BCUT2D eigenvalue weighted by Gasteiger charge is 2.30. The summed E-state index contributed by atoms with van der Waals surface area (Å²) >= 11 is 2.59. The van der Waals surface area contributed by atoms with Gasteiger partial charge in [-0.1, -0.05) is 29.6 Å². The van der Waals surface area contributed by atoms with E-state index in [1.165, 1.54) is 35.5 Å². The molecule has 0 fully saturated rings. The van der Waals surface area contributed by atoms with E-state index in [0.717, 1.165) is 5.56 Å². The van der Waals surface area contributed by atoms with E-state index in [1.54, 1.807) is 36.2 Å². The predicted molar refractivity (Wildman–Crippen MR) is 104 cm³/mol. The topological polar surface area (TPSA) is 85.8 Å². The van der Waals surface area contributed by atoms with E-state index in [4.69, 9.17) is 4.74 Å². The zero-order valence-corrected chi connectivity index (χ0v) is 16.7. The predicted octanol–water partition coefficient (Wildman–Crippen LogP) is 2.70. The third kappa shape index (κ3) is 6.14. The first kappa shape index (κ1) is 21.0. The van der Waals surface area contributed by atoms with Crippen molar-refractivity contribution in [1.29, 1.82) is 0 Å². The number of rotatable bonds is 8. The Labute approximate surface area is 166 Å². The van der Waals surface area contributed by atoms with E-state index in [9.17, 15) is 14.4 Å². The lowest BCUT2D eigenvalue weighted by molar-refractivity contribution is -0.142. The molecule has 2 rings (SSSR count). The van der Waals surface area contributed by atoms with Gasteiger partial charge in [0.15, 0.2) is 0 Å². The summed E-state index contributed by atoms with van der Waals surface area (Å²) in [6.45, 7) is 2.17. The lowest BCUT2D eigenvalue weighted by Crippen LogP contribution is -2.36. The van der Waals surface area contributed by atoms with Gasteiger partial charge in [-0.3, -0.25) is 14.6 Å². The van der Waals surface area contributed by atoms with Crippen LogP contribution < -0.4 is 0 Å². The fourth-order valence-electron chi connectivity index (χ4n) is 2.24. The van der Waals surface area contributed by atoms with Gasteiger partial charge in [-0.05, 0) is 29.4 Å². The van der Waals surface area contributed by atoms with Crippen molar-refractivity contribution in [1.82, 2.24) is 9.88 Å². The van der Waals surface area contributed by atoms with Crippen LogP contribution in [0.2, 0.25) is 0 Å². The molecule has 0 aliphatic carbocycles. The molecule has 7 nitrogen and oxygen atoms in total. The van der Waals surface area contributed by atoms with Crippen LogP contribution in [-0.4, -0.2) is 48.0 Å². The molecule has 1 aromatic heterocycles.